The second-order valence-electron chi connectivity index (χ2n) is 1.72. The van der Waals surface area contributed by atoms with Crippen molar-refractivity contribution in [2.24, 2.45) is 0 Å². The van der Waals surface area contributed by atoms with E-state index < -0.39 is 15.5 Å². The zero-order valence-corrected chi connectivity index (χ0v) is 7.08. The third-order valence-corrected chi connectivity index (χ3v) is 1.03. The molecule has 2 N–H and O–H groups in total. The van der Waals surface area contributed by atoms with Gasteiger partial charge in [0.1, 0.15) is 0 Å². The molecule has 4 heteroatoms. The molecule has 0 heterocycles. The molecule has 0 radical (unpaired) electrons. The predicted octanol–water partition coefficient (Wildman–Crippen LogP) is 0.501. The molecule has 0 fully saturated rings. The van der Waals surface area contributed by atoms with Crippen LogP contribution in [0.5, 0.6) is 0 Å². The van der Waals surface area contributed by atoms with Gasteiger partial charge in [-0.1, -0.05) is 30.3 Å². The molecule has 0 aliphatic carbocycles. The van der Waals surface area contributed by atoms with Crippen LogP contribution in [-0.4, -0.2) is 9.26 Å². The molecule has 11 heavy (non-hydrogen) atoms. The van der Waals surface area contributed by atoms with Crippen molar-refractivity contribution in [1.82, 2.24) is 0 Å². The summed E-state index contributed by atoms with van der Waals surface area (Å²) in [5.74, 6) is 0. The summed E-state index contributed by atoms with van der Waals surface area (Å²) >= 11 is -1.38. The summed E-state index contributed by atoms with van der Waals surface area (Å²) in [6.07, 6.45) is 0. The monoisotopic (exact) mass is 193 g/mol. The Bertz CT molecular complexity index is 188. The van der Waals surface area contributed by atoms with Crippen LogP contribution in [0, 0.1) is 0 Å². The molecular weight excluding hydrogens is 184 g/mol. The van der Waals surface area contributed by atoms with Crippen LogP contribution in [0.4, 0.5) is 0 Å². The van der Waals surface area contributed by atoms with E-state index in [2.05, 4.69) is 0 Å². The Balaban J connectivity index is 0.000000292. The van der Waals surface area contributed by atoms with Gasteiger partial charge in [0.15, 0.2) is 0 Å². The van der Waals surface area contributed by atoms with Gasteiger partial charge in [-0.2, -0.15) is 0 Å². The number of hydrogen-bond donors (Lipinski definition) is 2. The van der Waals surface area contributed by atoms with Crippen molar-refractivity contribution in [2.45, 2.75) is 6.61 Å². The Morgan fingerprint density at radius 1 is 1.27 bits per heavy atom. The molecule has 0 saturated carbocycles. The Kier molecular flexibility index (Phi) is 7.21. The zero-order chi connectivity index (χ0) is 8.53. The molecule has 0 atom stereocenters. The maximum absolute atomic E-state index is 8.55. The van der Waals surface area contributed by atoms with Crippen molar-refractivity contribution < 1.29 is 28.6 Å². The predicted molar refractivity (Wildman–Crippen MR) is 35.3 cm³/mol. The van der Waals surface area contributed by atoms with E-state index in [-0.39, 0.29) is 6.61 Å². The van der Waals surface area contributed by atoms with E-state index >= 15 is 0 Å². The minimum atomic E-state index is -1.38. The van der Waals surface area contributed by atoms with E-state index in [1.54, 1.807) is 0 Å². The molecule has 0 unspecified atom stereocenters. The summed E-state index contributed by atoms with van der Waals surface area (Å²) in [6.45, 7) is 0.140. The van der Waals surface area contributed by atoms with Crippen LogP contribution < -0.4 is 0 Å². The molecule has 0 saturated heterocycles. The zero-order valence-electron chi connectivity index (χ0n) is 5.80. The second-order valence-corrected chi connectivity index (χ2v) is 1.95. The van der Waals surface area contributed by atoms with Crippen molar-refractivity contribution in [3.8, 4) is 0 Å². The Morgan fingerprint density at radius 2 is 1.73 bits per heavy atom. The molecule has 0 bridgehead atoms. The molecule has 3 nitrogen and oxygen atoms in total. The first-order valence-electron chi connectivity index (χ1n) is 2.93. The van der Waals surface area contributed by atoms with Gasteiger partial charge in [-0.15, -0.1) is 0 Å². The van der Waals surface area contributed by atoms with Gasteiger partial charge >= 0.3 is 23.4 Å². The van der Waals surface area contributed by atoms with Gasteiger partial charge in [0, 0.05) is 0 Å². The molecule has 0 amide bonds. The Morgan fingerprint density at radius 3 is 2.00 bits per heavy atom. The standard InChI is InChI=1S/C7H8O.Cr.H2O.O/c8-6-7-4-2-1-3-5-7;;;/h1-5,8H,6H2;;1H2;/q;+1;;/p-1. The fraction of sp³-hybridized carbons (Fsp3) is 0.143. The first kappa shape index (κ1) is 10.5. The Labute approximate surface area is 71.6 Å². The average molecular weight is 193 g/mol. The number of hydrogen-bond acceptors (Lipinski definition) is 2. The third-order valence-electron chi connectivity index (χ3n) is 1.03. The van der Waals surface area contributed by atoms with Crippen LogP contribution in [0.15, 0.2) is 30.3 Å². The van der Waals surface area contributed by atoms with Gasteiger partial charge in [0.05, 0.1) is 6.61 Å². The van der Waals surface area contributed by atoms with Crippen LogP contribution in [0.1, 0.15) is 5.56 Å². The number of rotatable bonds is 1. The maximum atomic E-state index is 8.55. The van der Waals surface area contributed by atoms with E-state index in [9.17, 15) is 0 Å². The molecule has 1 aromatic carbocycles. The van der Waals surface area contributed by atoms with E-state index in [4.69, 9.17) is 13.1 Å². The van der Waals surface area contributed by atoms with Crippen molar-refractivity contribution in [3.05, 3.63) is 35.9 Å². The summed E-state index contributed by atoms with van der Waals surface area (Å²) in [5, 5.41) is 8.54. The van der Waals surface area contributed by atoms with Gasteiger partial charge in [0.2, 0.25) is 0 Å². The fourth-order valence-corrected chi connectivity index (χ4v) is 0.583. The van der Waals surface area contributed by atoms with Crippen molar-refractivity contribution in [3.63, 3.8) is 0 Å². The van der Waals surface area contributed by atoms with Gasteiger partial charge in [-0.05, 0) is 5.56 Å². The first-order valence-corrected chi connectivity index (χ1v) is 4.02. The van der Waals surface area contributed by atoms with Gasteiger partial charge in [0.25, 0.3) is 0 Å². The van der Waals surface area contributed by atoms with Gasteiger partial charge in [-0.25, -0.2) is 0 Å². The SMILES string of the molecule is OCc1ccccc1.[O]=[Cr][OH]. The van der Waals surface area contributed by atoms with Crippen molar-refractivity contribution in [2.75, 3.05) is 0 Å². The summed E-state index contributed by atoms with van der Waals surface area (Å²) in [4.78, 5) is 0. The van der Waals surface area contributed by atoms with Crippen LogP contribution in [0.25, 0.3) is 0 Å². The van der Waals surface area contributed by atoms with E-state index in [1.165, 1.54) is 0 Å². The first-order chi connectivity index (χ1) is 5.35. The molecule has 1 rings (SSSR count). The van der Waals surface area contributed by atoms with E-state index in [0.717, 1.165) is 5.56 Å². The van der Waals surface area contributed by atoms with Crippen molar-refractivity contribution >= 4 is 0 Å². The summed E-state index contributed by atoms with van der Waals surface area (Å²) < 4.78 is 15.6. The summed E-state index contributed by atoms with van der Waals surface area (Å²) in [5.41, 5.74) is 0.965. The molecule has 0 spiro atoms. The van der Waals surface area contributed by atoms with Gasteiger partial charge in [-0.3, -0.25) is 0 Å². The summed E-state index contributed by atoms with van der Waals surface area (Å²) in [6, 6.07) is 9.52. The van der Waals surface area contributed by atoms with Gasteiger partial charge < -0.3 is 5.11 Å². The van der Waals surface area contributed by atoms with Crippen LogP contribution in [0.2, 0.25) is 0 Å². The minimum absolute atomic E-state index is 0.140. The average Bonchev–Trinajstić information content (AvgIpc) is 2.08. The normalized spacial score (nSPS) is 7.82. The summed E-state index contributed by atoms with van der Waals surface area (Å²) in [7, 11) is 0. The topological polar surface area (TPSA) is 57.5 Å². The molecule has 0 aliphatic rings. The molecule has 0 aromatic heterocycles. The molecule has 0 aliphatic heterocycles. The molecule has 61 valence electrons. The fourth-order valence-electron chi connectivity index (χ4n) is 0.583. The molecule has 1 aromatic rings. The number of aliphatic hydroxyl groups is 1. The third kappa shape index (κ3) is 5.89. The van der Waals surface area contributed by atoms with Crippen molar-refractivity contribution in [1.29, 1.82) is 0 Å². The number of benzene rings is 1. The number of aliphatic hydroxyl groups excluding tert-OH is 1. The quantitative estimate of drug-likeness (QED) is 0.682. The van der Waals surface area contributed by atoms with Crippen LogP contribution in [-0.2, 0) is 25.9 Å². The molecular formula is C7H9CrO3. The second kappa shape index (κ2) is 7.58. The van der Waals surface area contributed by atoms with Crippen LogP contribution in [0.3, 0.4) is 0 Å². The Hall–Kier alpha value is -0.528. The van der Waals surface area contributed by atoms with E-state index in [0.29, 0.717) is 0 Å². The van der Waals surface area contributed by atoms with Crippen LogP contribution >= 0.6 is 0 Å². The van der Waals surface area contributed by atoms with E-state index in [1.807, 2.05) is 30.3 Å².